The first-order chi connectivity index (χ1) is 12.6. The molecule has 1 saturated heterocycles. The van der Waals surface area contributed by atoms with Gasteiger partial charge in [-0.05, 0) is 6.92 Å². The van der Waals surface area contributed by atoms with Crippen LogP contribution in [-0.2, 0) is 33.3 Å². The number of aryl methyl sites for hydroxylation is 1. The maximum absolute atomic E-state index is 12.3. The van der Waals surface area contributed by atoms with E-state index in [1.54, 1.807) is 6.92 Å². The second-order valence-corrected chi connectivity index (χ2v) is 6.01. The number of hydrogen-bond acceptors (Lipinski definition) is 10. The van der Waals surface area contributed by atoms with Crippen LogP contribution >= 0.6 is 0 Å². The highest BCUT2D eigenvalue weighted by molar-refractivity contribution is 5.68. The summed E-state index contributed by atoms with van der Waals surface area (Å²) in [5, 5.41) is 0. The lowest BCUT2D eigenvalue weighted by molar-refractivity contribution is -0.166. The zero-order valence-corrected chi connectivity index (χ0v) is 15.3. The number of aromatic nitrogens is 2. The van der Waals surface area contributed by atoms with E-state index in [2.05, 4.69) is 4.98 Å². The Labute approximate surface area is 154 Å². The maximum atomic E-state index is 12.3. The van der Waals surface area contributed by atoms with Crippen LogP contribution in [0, 0.1) is 6.92 Å². The number of anilines is 1. The van der Waals surface area contributed by atoms with Crippen LogP contribution in [0.15, 0.2) is 11.0 Å². The monoisotopic (exact) mass is 383 g/mol. The van der Waals surface area contributed by atoms with E-state index in [1.165, 1.54) is 20.0 Å². The molecular formula is C16H21N3O8. The Morgan fingerprint density at radius 2 is 1.74 bits per heavy atom. The van der Waals surface area contributed by atoms with Crippen LogP contribution in [0.25, 0.3) is 0 Å². The molecule has 1 aliphatic heterocycles. The molecular weight excluding hydrogens is 362 g/mol. The number of nitrogen functional groups attached to an aromatic ring is 1. The lowest BCUT2D eigenvalue weighted by Crippen LogP contribution is -2.42. The number of ether oxygens (including phenoxy) is 4. The zero-order valence-electron chi connectivity index (χ0n) is 15.3. The minimum absolute atomic E-state index is 0.0475. The summed E-state index contributed by atoms with van der Waals surface area (Å²) in [6.07, 6.45) is -2.98. The second kappa shape index (κ2) is 8.16. The molecule has 0 unspecified atom stereocenters. The molecule has 4 atom stereocenters. The first kappa shape index (κ1) is 20.4. The van der Waals surface area contributed by atoms with Gasteiger partial charge in [0, 0.05) is 32.5 Å². The Bertz CT molecular complexity index is 805. The van der Waals surface area contributed by atoms with E-state index in [0.717, 1.165) is 11.5 Å². The minimum Gasteiger partial charge on any atom is -0.463 e. The summed E-state index contributed by atoms with van der Waals surface area (Å²) < 4.78 is 22.2. The lowest BCUT2D eigenvalue weighted by atomic mass is 10.1. The Balaban J connectivity index is 2.45. The summed E-state index contributed by atoms with van der Waals surface area (Å²) in [6.45, 7) is 4.90. The highest BCUT2D eigenvalue weighted by atomic mass is 16.7. The van der Waals surface area contributed by atoms with Crippen LogP contribution in [0.4, 0.5) is 5.82 Å². The molecule has 11 nitrogen and oxygen atoms in total. The Morgan fingerprint density at radius 3 is 2.30 bits per heavy atom. The van der Waals surface area contributed by atoms with Gasteiger partial charge in [0.2, 0.25) is 0 Å². The highest BCUT2D eigenvalue weighted by Gasteiger charge is 2.51. The standard InChI is InChI=1S/C16H21N3O8/c1-7-5-19(16(23)18-14(7)17)15-13(26-10(4)22)12(25-9(3)21)11(27-15)6-24-8(2)20/h5,11-13,15H,6H2,1-4H3,(H2,17,18,23)/t11-,12+,13-,15-/m1/s1. The van der Waals surface area contributed by atoms with E-state index >= 15 is 0 Å². The van der Waals surface area contributed by atoms with Crippen molar-refractivity contribution in [3.8, 4) is 0 Å². The summed E-state index contributed by atoms with van der Waals surface area (Å²) in [4.78, 5) is 50.1. The first-order valence-electron chi connectivity index (χ1n) is 8.08. The largest absolute Gasteiger partial charge is 0.463 e. The number of esters is 3. The topological polar surface area (TPSA) is 149 Å². The molecule has 0 bridgehead atoms. The summed E-state index contributed by atoms with van der Waals surface area (Å²) in [7, 11) is 0. The third-order valence-corrected chi connectivity index (χ3v) is 3.79. The molecule has 0 amide bonds. The van der Waals surface area contributed by atoms with Crippen molar-refractivity contribution in [1.82, 2.24) is 9.55 Å². The van der Waals surface area contributed by atoms with Crippen LogP contribution in [0.3, 0.4) is 0 Å². The molecule has 1 fully saturated rings. The smallest absolute Gasteiger partial charge is 0.351 e. The van der Waals surface area contributed by atoms with Crippen LogP contribution in [0.1, 0.15) is 32.6 Å². The summed E-state index contributed by atoms with van der Waals surface area (Å²) in [6, 6.07) is 0. The fraction of sp³-hybridized carbons (Fsp3) is 0.562. The van der Waals surface area contributed by atoms with Gasteiger partial charge < -0.3 is 24.7 Å². The Kier molecular flexibility index (Phi) is 6.16. The van der Waals surface area contributed by atoms with Crippen molar-refractivity contribution in [2.75, 3.05) is 12.3 Å². The van der Waals surface area contributed by atoms with E-state index in [4.69, 9.17) is 24.7 Å². The molecule has 0 radical (unpaired) electrons. The fourth-order valence-corrected chi connectivity index (χ4v) is 2.68. The molecule has 2 rings (SSSR count). The predicted octanol–water partition coefficient (Wildman–Crippen LogP) is -0.542. The summed E-state index contributed by atoms with van der Waals surface area (Å²) in [5.74, 6) is -1.86. The Morgan fingerprint density at radius 1 is 1.15 bits per heavy atom. The molecule has 2 heterocycles. The van der Waals surface area contributed by atoms with Crippen LogP contribution < -0.4 is 11.4 Å². The molecule has 1 aromatic rings. The van der Waals surface area contributed by atoms with E-state index in [-0.39, 0.29) is 12.4 Å². The van der Waals surface area contributed by atoms with Crippen molar-refractivity contribution in [3.05, 3.63) is 22.2 Å². The second-order valence-electron chi connectivity index (χ2n) is 6.01. The number of carbonyl (C=O) groups excluding carboxylic acids is 3. The van der Waals surface area contributed by atoms with Crippen molar-refractivity contribution >= 4 is 23.7 Å². The first-order valence-corrected chi connectivity index (χ1v) is 8.08. The van der Waals surface area contributed by atoms with Gasteiger partial charge in [0.15, 0.2) is 18.4 Å². The summed E-state index contributed by atoms with van der Waals surface area (Å²) in [5.41, 5.74) is 5.38. The molecule has 0 aromatic carbocycles. The number of carbonyl (C=O) groups is 3. The molecule has 2 N–H and O–H groups in total. The van der Waals surface area contributed by atoms with Gasteiger partial charge in [-0.1, -0.05) is 0 Å². The fourth-order valence-electron chi connectivity index (χ4n) is 2.68. The molecule has 0 aliphatic carbocycles. The average molecular weight is 383 g/mol. The zero-order chi connectivity index (χ0) is 20.3. The molecule has 148 valence electrons. The van der Waals surface area contributed by atoms with Gasteiger partial charge in [-0.2, -0.15) is 4.98 Å². The maximum Gasteiger partial charge on any atom is 0.351 e. The molecule has 1 aromatic heterocycles. The molecule has 0 saturated carbocycles. The normalized spacial score (nSPS) is 24.3. The van der Waals surface area contributed by atoms with Crippen molar-refractivity contribution in [3.63, 3.8) is 0 Å². The van der Waals surface area contributed by atoms with Gasteiger partial charge in [-0.25, -0.2) is 4.79 Å². The van der Waals surface area contributed by atoms with Gasteiger partial charge in [0.1, 0.15) is 18.5 Å². The minimum atomic E-state index is -1.16. The van der Waals surface area contributed by atoms with Gasteiger partial charge in [0.05, 0.1) is 0 Å². The average Bonchev–Trinajstić information content (AvgIpc) is 2.85. The quantitative estimate of drug-likeness (QED) is 0.519. The van der Waals surface area contributed by atoms with Crippen molar-refractivity contribution in [2.24, 2.45) is 0 Å². The van der Waals surface area contributed by atoms with E-state index in [9.17, 15) is 19.2 Å². The van der Waals surface area contributed by atoms with Crippen LogP contribution in [-0.4, -0.2) is 52.4 Å². The molecule has 1 aliphatic rings. The van der Waals surface area contributed by atoms with Gasteiger partial charge in [0.25, 0.3) is 0 Å². The Hall–Kier alpha value is -2.95. The van der Waals surface area contributed by atoms with Crippen LogP contribution in [0.2, 0.25) is 0 Å². The third kappa shape index (κ3) is 4.82. The van der Waals surface area contributed by atoms with Crippen LogP contribution in [0.5, 0.6) is 0 Å². The molecule has 11 heteroatoms. The summed E-state index contributed by atoms with van der Waals surface area (Å²) >= 11 is 0. The van der Waals surface area contributed by atoms with Crippen molar-refractivity contribution in [1.29, 1.82) is 0 Å². The van der Waals surface area contributed by atoms with E-state index in [0.29, 0.717) is 5.56 Å². The van der Waals surface area contributed by atoms with Gasteiger partial charge in [-0.15, -0.1) is 0 Å². The van der Waals surface area contributed by atoms with Crippen molar-refractivity contribution in [2.45, 2.75) is 52.2 Å². The lowest BCUT2D eigenvalue weighted by Gasteiger charge is -2.24. The number of rotatable bonds is 5. The van der Waals surface area contributed by atoms with E-state index < -0.39 is 48.1 Å². The molecule has 0 spiro atoms. The van der Waals surface area contributed by atoms with Gasteiger partial charge >= 0.3 is 23.6 Å². The third-order valence-electron chi connectivity index (χ3n) is 3.79. The SMILES string of the molecule is CC(=O)OC[C@H]1O[C@@H](n2cc(C)c(N)nc2=O)[C@H](OC(C)=O)[C@H]1OC(C)=O. The number of hydrogen-bond donors (Lipinski definition) is 1. The predicted molar refractivity (Wildman–Crippen MR) is 89.3 cm³/mol. The van der Waals surface area contributed by atoms with E-state index in [1.807, 2.05) is 0 Å². The van der Waals surface area contributed by atoms with Gasteiger partial charge in [-0.3, -0.25) is 19.0 Å². The number of nitrogens with zero attached hydrogens (tertiary/aromatic N) is 2. The molecule has 27 heavy (non-hydrogen) atoms. The highest BCUT2D eigenvalue weighted by Crippen LogP contribution is 2.33. The number of nitrogens with two attached hydrogens (primary N) is 1. The van der Waals surface area contributed by atoms with Crippen molar-refractivity contribution < 1.29 is 33.3 Å².